The van der Waals surface area contributed by atoms with E-state index in [4.69, 9.17) is 5.11 Å². The summed E-state index contributed by atoms with van der Waals surface area (Å²) in [6.07, 6.45) is 13.9. The molecule has 2 aromatic rings. The fourth-order valence-corrected chi connectivity index (χ4v) is 3.38. The van der Waals surface area contributed by atoms with E-state index in [1.165, 1.54) is 49.9 Å². The fraction of sp³-hybridized carbons (Fsp3) is 0.545. The highest BCUT2D eigenvalue weighted by atomic mass is 16.4. The second-order valence-corrected chi connectivity index (χ2v) is 7.04. The van der Waals surface area contributed by atoms with Crippen LogP contribution < -0.4 is 4.57 Å². The van der Waals surface area contributed by atoms with E-state index in [9.17, 15) is 4.79 Å². The highest BCUT2D eigenvalue weighted by molar-refractivity contribution is 5.66. The maximum Gasteiger partial charge on any atom is 0.303 e. The van der Waals surface area contributed by atoms with E-state index in [1.807, 2.05) is 6.07 Å². The molecule has 0 saturated carbocycles. The molecule has 26 heavy (non-hydrogen) atoms. The molecule has 4 nitrogen and oxygen atoms in total. The summed E-state index contributed by atoms with van der Waals surface area (Å²) < 4.78 is 4.57. The van der Waals surface area contributed by atoms with E-state index in [0.717, 1.165) is 19.5 Å². The number of aliphatic carboxylic acids is 1. The average molecular weight is 358 g/mol. The number of nitrogens with zero attached hydrogens (tertiary/aromatic N) is 2. The molecule has 1 N–H and O–H groups in total. The van der Waals surface area contributed by atoms with E-state index < -0.39 is 5.97 Å². The standard InChI is InChI=1S/C22H32N2O2/c1-2-3-4-5-6-10-14-21-23(16-11-15-22(25)26)17-18-24(21)19-20-12-8-7-9-13-20/h7-9,12-13,17-18H,2-6,10-11,14-16,19H2,1H3/p+1. The van der Waals surface area contributed by atoms with Gasteiger partial charge >= 0.3 is 5.97 Å². The molecule has 1 aromatic carbocycles. The van der Waals surface area contributed by atoms with Crippen LogP contribution in [0, 0.1) is 0 Å². The van der Waals surface area contributed by atoms with Crippen LogP contribution >= 0.6 is 0 Å². The number of hydrogen-bond acceptors (Lipinski definition) is 1. The van der Waals surface area contributed by atoms with Crippen LogP contribution in [-0.4, -0.2) is 15.6 Å². The van der Waals surface area contributed by atoms with Gasteiger partial charge in [-0.3, -0.25) is 4.79 Å². The Kier molecular flexibility index (Phi) is 8.94. The predicted molar refractivity (Wildman–Crippen MR) is 104 cm³/mol. The Hall–Kier alpha value is -2.10. The molecule has 0 aliphatic rings. The van der Waals surface area contributed by atoms with Crippen LogP contribution in [-0.2, 0) is 24.3 Å². The first-order chi connectivity index (χ1) is 12.7. The van der Waals surface area contributed by atoms with Crippen LogP contribution in [0.3, 0.4) is 0 Å². The minimum Gasteiger partial charge on any atom is -0.481 e. The van der Waals surface area contributed by atoms with E-state index in [2.05, 4.69) is 52.7 Å². The van der Waals surface area contributed by atoms with Crippen LogP contribution in [0.15, 0.2) is 42.7 Å². The summed E-state index contributed by atoms with van der Waals surface area (Å²) in [5, 5.41) is 8.89. The van der Waals surface area contributed by atoms with Crippen molar-refractivity contribution in [2.24, 2.45) is 0 Å². The van der Waals surface area contributed by atoms with Gasteiger partial charge in [-0.15, -0.1) is 0 Å². The molecule has 0 amide bonds. The Morgan fingerprint density at radius 2 is 1.77 bits per heavy atom. The van der Waals surface area contributed by atoms with Gasteiger partial charge in [0, 0.05) is 12.8 Å². The third-order valence-corrected chi connectivity index (χ3v) is 4.83. The van der Waals surface area contributed by atoms with Gasteiger partial charge in [-0.05, 0) is 18.4 Å². The van der Waals surface area contributed by atoms with Crippen LogP contribution in [0.1, 0.15) is 69.7 Å². The van der Waals surface area contributed by atoms with E-state index in [-0.39, 0.29) is 6.42 Å². The Morgan fingerprint density at radius 1 is 1.04 bits per heavy atom. The number of rotatable bonds is 13. The minimum atomic E-state index is -0.716. The lowest BCUT2D eigenvalue weighted by Gasteiger charge is -2.06. The summed E-state index contributed by atoms with van der Waals surface area (Å²) in [6, 6.07) is 10.5. The van der Waals surface area contributed by atoms with Gasteiger partial charge in [-0.2, -0.15) is 0 Å². The number of unbranched alkanes of at least 4 members (excludes halogenated alkanes) is 5. The number of aromatic nitrogens is 2. The van der Waals surface area contributed by atoms with Gasteiger partial charge in [0.2, 0.25) is 0 Å². The summed E-state index contributed by atoms with van der Waals surface area (Å²) >= 11 is 0. The second kappa shape index (κ2) is 11.5. The second-order valence-electron chi connectivity index (χ2n) is 7.04. The summed E-state index contributed by atoms with van der Waals surface area (Å²) in [5.74, 6) is 0.599. The molecule has 0 radical (unpaired) electrons. The molecule has 2 rings (SSSR count). The third-order valence-electron chi connectivity index (χ3n) is 4.83. The number of imidazole rings is 1. The van der Waals surface area contributed by atoms with Crippen LogP contribution in [0.4, 0.5) is 0 Å². The number of hydrogen-bond donors (Lipinski definition) is 1. The van der Waals surface area contributed by atoms with Crippen LogP contribution in [0.25, 0.3) is 0 Å². The van der Waals surface area contributed by atoms with Crippen molar-refractivity contribution in [1.82, 2.24) is 4.57 Å². The molecule has 0 aliphatic carbocycles. The maximum absolute atomic E-state index is 10.8. The Morgan fingerprint density at radius 3 is 2.50 bits per heavy atom. The number of carbonyl (C=O) groups is 1. The highest BCUT2D eigenvalue weighted by Crippen LogP contribution is 2.10. The van der Waals surface area contributed by atoms with Crippen molar-refractivity contribution in [1.29, 1.82) is 0 Å². The number of aryl methyl sites for hydroxylation is 1. The molecule has 0 unspecified atom stereocenters. The van der Waals surface area contributed by atoms with E-state index in [0.29, 0.717) is 6.42 Å². The summed E-state index contributed by atoms with van der Waals surface area (Å²) in [4.78, 5) is 10.8. The van der Waals surface area contributed by atoms with Gasteiger partial charge in [-0.1, -0.05) is 69.4 Å². The van der Waals surface area contributed by atoms with Gasteiger partial charge in [0.05, 0.1) is 6.54 Å². The molecule has 0 saturated heterocycles. The van der Waals surface area contributed by atoms with Crippen molar-refractivity contribution in [3.8, 4) is 0 Å². The van der Waals surface area contributed by atoms with Gasteiger partial charge in [0.1, 0.15) is 18.9 Å². The molecule has 0 aliphatic heterocycles. The minimum absolute atomic E-state index is 0.229. The van der Waals surface area contributed by atoms with Gasteiger partial charge in [0.15, 0.2) is 0 Å². The number of carboxylic acid groups (broad SMARTS) is 1. The van der Waals surface area contributed by atoms with E-state index >= 15 is 0 Å². The molecule has 0 spiro atoms. The van der Waals surface area contributed by atoms with Crippen molar-refractivity contribution in [3.63, 3.8) is 0 Å². The zero-order chi connectivity index (χ0) is 18.6. The summed E-state index contributed by atoms with van der Waals surface area (Å²) in [6.45, 7) is 3.90. The first-order valence-electron chi connectivity index (χ1n) is 10.0. The SMILES string of the molecule is CCCCCCCCc1n(CCCC(=O)O)cc[n+]1Cc1ccccc1. The van der Waals surface area contributed by atoms with Crippen molar-refractivity contribution in [2.75, 3.05) is 0 Å². The van der Waals surface area contributed by atoms with Crippen molar-refractivity contribution in [3.05, 3.63) is 54.1 Å². The van der Waals surface area contributed by atoms with E-state index in [1.54, 1.807) is 0 Å². The lowest BCUT2D eigenvalue weighted by atomic mass is 10.1. The summed E-state index contributed by atoms with van der Waals surface area (Å²) in [7, 11) is 0. The first-order valence-corrected chi connectivity index (χ1v) is 10.0. The van der Waals surface area contributed by atoms with Crippen molar-refractivity contribution >= 4 is 5.97 Å². The Labute approximate surface area is 157 Å². The molecule has 4 heteroatoms. The number of benzene rings is 1. The summed E-state index contributed by atoms with van der Waals surface area (Å²) in [5.41, 5.74) is 1.30. The quantitative estimate of drug-likeness (QED) is 0.421. The lowest BCUT2D eigenvalue weighted by Crippen LogP contribution is -2.38. The van der Waals surface area contributed by atoms with Crippen LogP contribution in [0.5, 0.6) is 0 Å². The molecular weight excluding hydrogens is 324 g/mol. The fourth-order valence-electron chi connectivity index (χ4n) is 3.38. The van der Waals surface area contributed by atoms with Crippen molar-refractivity contribution in [2.45, 2.75) is 77.8 Å². The maximum atomic E-state index is 10.8. The lowest BCUT2D eigenvalue weighted by molar-refractivity contribution is -0.695. The zero-order valence-corrected chi connectivity index (χ0v) is 16.1. The van der Waals surface area contributed by atoms with Gasteiger partial charge in [-0.25, -0.2) is 9.13 Å². The first kappa shape index (κ1) is 20.2. The smallest absolute Gasteiger partial charge is 0.303 e. The largest absolute Gasteiger partial charge is 0.481 e. The molecular formula is C22H33N2O2+. The van der Waals surface area contributed by atoms with Crippen LogP contribution in [0.2, 0.25) is 0 Å². The topological polar surface area (TPSA) is 46.1 Å². The van der Waals surface area contributed by atoms with Crippen molar-refractivity contribution < 1.29 is 14.5 Å². The molecule has 1 aromatic heterocycles. The predicted octanol–water partition coefficient (Wildman–Crippen LogP) is 4.59. The third kappa shape index (κ3) is 7.03. The average Bonchev–Trinajstić information content (AvgIpc) is 3.00. The zero-order valence-electron chi connectivity index (χ0n) is 16.1. The van der Waals surface area contributed by atoms with Gasteiger partial charge in [0.25, 0.3) is 5.82 Å². The molecule has 1 heterocycles. The Balaban J connectivity index is 1.98. The normalized spacial score (nSPS) is 11.0. The molecule has 0 fully saturated rings. The van der Waals surface area contributed by atoms with Gasteiger partial charge < -0.3 is 5.11 Å². The monoisotopic (exact) mass is 357 g/mol. The molecule has 0 atom stereocenters. The Bertz CT molecular complexity index is 649. The number of carboxylic acids is 1. The highest BCUT2D eigenvalue weighted by Gasteiger charge is 2.17. The molecule has 142 valence electrons. The molecule has 0 bridgehead atoms.